The van der Waals surface area contributed by atoms with E-state index < -0.39 is 5.91 Å². The molecule has 0 aliphatic heterocycles. The molecule has 4 heteroatoms. The Hall–Kier alpha value is -2.62. The molecular formula is C22H26N2O2. The quantitative estimate of drug-likeness (QED) is 0.819. The van der Waals surface area contributed by atoms with E-state index in [1.165, 1.54) is 12.8 Å². The average Bonchev–Trinajstić information content (AvgIpc) is 3.45. The highest BCUT2D eigenvalue weighted by Crippen LogP contribution is 2.31. The van der Waals surface area contributed by atoms with Gasteiger partial charge in [0.05, 0.1) is 0 Å². The van der Waals surface area contributed by atoms with Crippen molar-refractivity contribution in [2.24, 2.45) is 11.7 Å². The molecule has 0 unspecified atom stereocenters. The van der Waals surface area contributed by atoms with E-state index in [-0.39, 0.29) is 5.91 Å². The van der Waals surface area contributed by atoms with Gasteiger partial charge in [0.1, 0.15) is 0 Å². The Morgan fingerprint density at radius 1 is 1.08 bits per heavy atom. The lowest BCUT2D eigenvalue weighted by Crippen LogP contribution is -2.33. The zero-order valence-corrected chi connectivity index (χ0v) is 15.5. The SMILES string of the molecule is CCCN(CC1CC1)C(=O)c1ccc(C)c(-c2ccc(C(N)=O)cc2)c1. The molecule has 2 aromatic carbocycles. The van der Waals surface area contributed by atoms with Gasteiger partial charge in [-0.15, -0.1) is 0 Å². The highest BCUT2D eigenvalue weighted by Gasteiger charge is 2.27. The van der Waals surface area contributed by atoms with Gasteiger partial charge >= 0.3 is 0 Å². The molecule has 136 valence electrons. The predicted molar refractivity (Wildman–Crippen MR) is 104 cm³/mol. The summed E-state index contributed by atoms with van der Waals surface area (Å²) in [6.45, 7) is 5.79. The third-order valence-corrected chi connectivity index (χ3v) is 4.92. The fourth-order valence-corrected chi connectivity index (χ4v) is 3.22. The van der Waals surface area contributed by atoms with Crippen molar-refractivity contribution in [1.29, 1.82) is 0 Å². The standard InChI is InChI=1S/C22H26N2O2/c1-3-12-24(14-16-5-6-16)22(26)19-7-4-15(2)20(13-19)17-8-10-18(11-9-17)21(23)25/h4,7-11,13,16H,3,5-6,12,14H2,1-2H3,(H2,23,25). The fourth-order valence-electron chi connectivity index (χ4n) is 3.22. The number of primary amides is 1. The van der Waals surface area contributed by atoms with Crippen LogP contribution in [0.4, 0.5) is 0 Å². The molecule has 2 amide bonds. The summed E-state index contributed by atoms with van der Waals surface area (Å²) in [4.78, 5) is 26.3. The minimum absolute atomic E-state index is 0.105. The van der Waals surface area contributed by atoms with Crippen LogP contribution in [0.3, 0.4) is 0 Å². The van der Waals surface area contributed by atoms with E-state index in [1.807, 2.05) is 42.2 Å². The normalized spacial score (nSPS) is 13.5. The van der Waals surface area contributed by atoms with Crippen LogP contribution in [-0.2, 0) is 0 Å². The van der Waals surface area contributed by atoms with Gasteiger partial charge in [0.15, 0.2) is 0 Å². The number of nitrogens with zero attached hydrogens (tertiary/aromatic N) is 1. The molecule has 0 bridgehead atoms. The van der Waals surface area contributed by atoms with Crippen LogP contribution in [0.5, 0.6) is 0 Å². The lowest BCUT2D eigenvalue weighted by molar-refractivity contribution is 0.0747. The molecule has 2 aromatic rings. The number of aryl methyl sites for hydroxylation is 1. The lowest BCUT2D eigenvalue weighted by Gasteiger charge is -2.22. The summed E-state index contributed by atoms with van der Waals surface area (Å²) >= 11 is 0. The molecule has 1 aliphatic rings. The Morgan fingerprint density at radius 2 is 1.73 bits per heavy atom. The third-order valence-electron chi connectivity index (χ3n) is 4.92. The number of benzene rings is 2. The van der Waals surface area contributed by atoms with Gasteiger partial charge in [0.2, 0.25) is 5.91 Å². The van der Waals surface area contributed by atoms with Gasteiger partial charge in [0.25, 0.3) is 5.91 Å². The largest absolute Gasteiger partial charge is 0.366 e. The number of carbonyl (C=O) groups excluding carboxylic acids is 2. The van der Waals surface area contributed by atoms with Crippen molar-refractivity contribution in [3.8, 4) is 11.1 Å². The fraction of sp³-hybridized carbons (Fsp3) is 0.364. The summed E-state index contributed by atoms with van der Waals surface area (Å²) in [6, 6.07) is 13.1. The molecular weight excluding hydrogens is 324 g/mol. The first-order valence-electron chi connectivity index (χ1n) is 9.29. The molecule has 0 spiro atoms. The average molecular weight is 350 g/mol. The summed E-state index contributed by atoms with van der Waals surface area (Å²) in [5.41, 5.74) is 9.60. The highest BCUT2D eigenvalue weighted by atomic mass is 16.2. The second-order valence-corrected chi connectivity index (χ2v) is 7.17. The molecule has 0 saturated heterocycles. The van der Waals surface area contributed by atoms with Gasteiger partial charge in [-0.25, -0.2) is 0 Å². The first-order valence-corrected chi connectivity index (χ1v) is 9.29. The maximum absolute atomic E-state index is 13.0. The van der Waals surface area contributed by atoms with Crippen LogP contribution in [-0.4, -0.2) is 29.8 Å². The molecule has 0 aromatic heterocycles. The van der Waals surface area contributed by atoms with E-state index in [9.17, 15) is 9.59 Å². The van der Waals surface area contributed by atoms with Crippen LogP contribution < -0.4 is 5.73 Å². The first-order chi connectivity index (χ1) is 12.5. The monoisotopic (exact) mass is 350 g/mol. The Balaban J connectivity index is 1.88. The van der Waals surface area contributed by atoms with Gasteiger partial charge in [-0.05, 0) is 73.1 Å². The maximum Gasteiger partial charge on any atom is 0.253 e. The molecule has 26 heavy (non-hydrogen) atoms. The van der Waals surface area contributed by atoms with Crippen molar-refractivity contribution in [2.45, 2.75) is 33.1 Å². The third kappa shape index (κ3) is 4.13. The van der Waals surface area contributed by atoms with Crippen LogP contribution >= 0.6 is 0 Å². The second-order valence-electron chi connectivity index (χ2n) is 7.17. The summed E-state index contributed by atoms with van der Waals surface area (Å²) in [5.74, 6) is 0.345. The van der Waals surface area contributed by atoms with Crippen LogP contribution in [0.2, 0.25) is 0 Å². The van der Waals surface area contributed by atoms with Gasteiger partial charge in [-0.2, -0.15) is 0 Å². The Morgan fingerprint density at radius 3 is 2.31 bits per heavy atom. The Labute approximate surface area is 155 Å². The zero-order valence-electron chi connectivity index (χ0n) is 15.5. The van der Waals surface area contributed by atoms with Crippen LogP contribution in [0.15, 0.2) is 42.5 Å². The smallest absolute Gasteiger partial charge is 0.253 e. The van der Waals surface area contributed by atoms with Gasteiger partial charge in [-0.1, -0.05) is 25.1 Å². The Kier molecular flexibility index (Phi) is 5.40. The first kappa shape index (κ1) is 18.2. The van der Waals surface area contributed by atoms with E-state index in [0.29, 0.717) is 11.5 Å². The number of hydrogen-bond donors (Lipinski definition) is 1. The van der Waals surface area contributed by atoms with E-state index in [4.69, 9.17) is 5.73 Å². The lowest BCUT2D eigenvalue weighted by atomic mass is 9.96. The van der Waals surface area contributed by atoms with Crippen LogP contribution in [0, 0.1) is 12.8 Å². The highest BCUT2D eigenvalue weighted by molar-refractivity contribution is 5.96. The minimum atomic E-state index is -0.438. The maximum atomic E-state index is 13.0. The number of rotatable bonds is 7. The van der Waals surface area contributed by atoms with E-state index in [2.05, 4.69) is 6.92 Å². The van der Waals surface area contributed by atoms with Gasteiger partial charge in [-0.3, -0.25) is 9.59 Å². The van der Waals surface area contributed by atoms with Crippen molar-refractivity contribution in [3.05, 3.63) is 59.2 Å². The van der Waals surface area contributed by atoms with Gasteiger partial charge in [0, 0.05) is 24.2 Å². The van der Waals surface area contributed by atoms with Crippen LogP contribution in [0.25, 0.3) is 11.1 Å². The summed E-state index contributed by atoms with van der Waals surface area (Å²) < 4.78 is 0. The minimum Gasteiger partial charge on any atom is -0.366 e. The molecule has 1 fully saturated rings. The number of nitrogens with two attached hydrogens (primary N) is 1. The number of hydrogen-bond acceptors (Lipinski definition) is 2. The molecule has 1 aliphatic carbocycles. The van der Waals surface area contributed by atoms with Crippen LogP contribution in [0.1, 0.15) is 52.5 Å². The van der Waals surface area contributed by atoms with E-state index >= 15 is 0 Å². The molecule has 3 rings (SSSR count). The molecule has 2 N–H and O–H groups in total. The van der Waals surface area contributed by atoms with Crippen molar-refractivity contribution in [2.75, 3.05) is 13.1 Å². The topological polar surface area (TPSA) is 63.4 Å². The Bertz CT molecular complexity index is 807. The summed E-state index contributed by atoms with van der Waals surface area (Å²) in [5, 5.41) is 0. The van der Waals surface area contributed by atoms with Crippen molar-refractivity contribution in [1.82, 2.24) is 4.90 Å². The zero-order chi connectivity index (χ0) is 18.7. The summed E-state index contributed by atoms with van der Waals surface area (Å²) in [7, 11) is 0. The van der Waals surface area contributed by atoms with E-state index in [1.54, 1.807) is 12.1 Å². The van der Waals surface area contributed by atoms with E-state index in [0.717, 1.165) is 41.8 Å². The molecule has 0 radical (unpaired) electrons. The molecule has 4 nitrogen and oxygen atoms in total. The summed E-state index contributed by atoms with van der Waals surface area (Å²) in [6.07, 6.45) is 3.43. The van der Waals surface area contributed by atoms with Crippen molar-refractivity contribution < 1.29 is 9.59 Å². The van der Waals surface area contributed by atoms with Gasteiger partial charge < -0.3 is 10.6 Å². The predicted octanol–water partition coefficient (Wildman–Crippen LogP) is 4.02. The van der Waals surface area contributed by atoms with Crippen molar-refractivity contribution in [3.63, 3.8) is 0 Å². The number of amides is 2. The molecule has 0 heterocycles. The van der Waals surface area contributed by atoms with Crippen molar-refractivity contribution >= 4 is 11.8 Å². The molecule has 0 atom stereocenters. The second kappa shape index (κ2) is 7.73. The number of carbonyl (C=O) groups is 2. The molecule has 1 saturated carbocycles.